The largest absolute Gasteiger partial charge is 0.344 e. The first-order valence-electron chi connectivity index (χ1n) is 9.00. The molecule has 1 atom stereocenters. The number of nitrogens with zero attached hydrogens (tertiary/aromatic N) is 4. The molecule has 0 aliphatic carbocycles. The van der Waals surface area contributed by atoms with Crippen molar-refractivity contribution in [3.8, 4) is 11.4 Å². The molecule has 8 heteroatoms. The van der Waals surface area contributed by atoms with Crippen LogP contribution in [0.15, 0.2) is 28.8 Å². The van der Waals surface area contributed by atoms with Crippen molar-refractivity contribution in [1.29, 1.82) is 0 Å². The van der Waals surface area contributed by atoms with Gasteiger partial charge in [-0.3, -0.25) is 0 Å². The fraction of sp³-hybridized carbons (Fsp3) is 0.368. The molecule has 2 N–H and O–H groups in total. The van der Waals surface area contributed by atoms with Gasteiger partial charge in [0, 0.05) is 18.5 Å². The van der Waals surface area contributed by atoms with Crippen LogP contribution in [0.4, 0.5) is 4.79 Å². The number of urea groups is 1. The predicted molar refractivity (Wildman–Crippen MR) is 98.9 cm³/mol. The monoisotopic (exact) mass is 366 g/mol. The highest BCUT2D eigenvalue weighted by molar-refractivity contribution is 5.74. The van der Waals surface area contributed by atoms with Gasteiger partial charge in [-0.1, -0.05) is 28.9 Å². The molecular formula is C19H22N6O2. The summed E-state index contributed by atoms with van der Waals surface area (Å²) in [6.07, 6.45) is 0.750. The Morgan fingerprint density at radius 1 is 1.33 bits per heavy atom. The van der Waals surface area contributed by atoms with E-state index < -0.39 is 0 Å². The van der Waals surface area contributed by atoms with Crippen LogP contribution in [-0.4, -0.2) is 37.6 Å². The van der Waals surface area contributed by atoms with Crippen molar-refractivity contribution < 1.29 is 9.32 Å². The number of carbonyl (C=O) groups is 1. The zero-order valence-corrected chi connectivity index (χ0v) is 15.6. The van der Waals surface area contributed by atoms with Crippen LogP contribution < -0.4 is 5.32 Å². The highest BCUT2D eigenvalue weighted by Crippen LogP contribution is 2.21. The molecule has 27 heavy (non-hydrogen) atoms. The number of aromatic nitrogens is 4. The standard InChI is InChI=1S/C19H22N6O2/c1-11-5-4-6-14(9-11)17-23-18(27-24-17)12(2)20-19(26)25-8-7-15-16(10-25)22-13(3)21-15/h4-6,9,12H,7-8,10H2,1-3H3,(H,20,26)(H,21,22)/t12-/m1/s1. The van der Waals surface area contributed by atoms with Crippen LogP contribution in [0, 0.1) is 13.8 Å². The Bertz CT molecular complexity index is 976. The first-order valence-corrected chi connectivity index (χ1v) is 9.00. The van der Waals surface area contributed by atoms with E-state index in [4.69, 9.17) is 4.52 Å². The predicted octanol–water partition coefficient (Wildman–Crippen LogP) is 2.91. The highest BCUT2D eigenvalue weighted by atomic mass is 16.5. The summed E-state index contributed by atoms with van der Waals surface area (Å²) in [5.74, 6) is 1.78. The summed E-state index contributed by atoms with van der Waals surface area (Å²) in [6.45, 7) is 6.92. The number of imidazole rings is 1. The summed E-state index contributed by atoms with van der Waals surface area (Å²) in [5.41, 5.74) is 4.06. The van der Waals surface area contributed by atoms with Crippen LogP contribution >= 0.6 is 0 Å². The number of amides is 2. The van der Waals surface area contributed by atoms with Gasteiger partial charge in [-0.15, -0.1) is 0 Å². The van der Waals surface area contributed by atoms with Crippen molar-refractivity contribution >= 4 is 6.03 Å². The summed E-state index contributed by atoms with van der Waals surface area (Å²) in [5, 5.41) is 6.97. The number of hydrogen-bond acceptors (Lipinski definition) is 5. The number of nitrogens with one attached hydrogen (secondary N) is 2. The number of rotatable bonds is 3. The Hall–Kier alpha value is -3.16. The SMILES string of the molecule is Cc1cccc(-c2noc([C@@H](C)NC(=O)N3CCc4nc(C)[nH]c4C3)n2)c1. The molecule has 8 nitrogen and oxygen atoms in total. The second-order valence-electron chi connectivity index (χ2n) is 6.92. The molecular weight excluding hydrogens is 344 g/mol. The summed E-state index contributed by atoms with van der Waals surface area (Å²) in [7, 11) is 0. The van der Waals surface area contributed by atoms with Gasteiger partial charge in [0.05, 0.1) is 17.9 Å². The van der Waals surface area contributed by atoms with Gasteiger partial charge in [0.25, 0.3) is 0 Å². The molecule has 0 bridgehead atoms. The molecule has 4 rings (SSSR count). The number of aromatic amines is 1. The van der Waals surface area contributed by atoms with E-state index in [2.05, 4.69) is 25.4 Å². The fourth-order valence-corrected chi connectivity index (χ4v) is 3.26. The topological polar surface area (TPSA) is 99.9 Å². The second kappa shape index (κ2) is 6.86. The number of fused-ring (bicyclic) bond motifs is 1. The number of H-pyrrole nitrogens is 1. The Labute approximate surface area is 157 Å². The Morgan fingerprint density at radius 2 is 2.19 bits per heavy atom. The third-order valence-corrected chi connectivity index (χ3v) is 4.67. The van der Waals surface area contributed by atoms with E-state index in [1.165, 1.54) is 0 Å². The van der Waals surface area contributed by atoms with E-state index >= 15 is 0 Å². The second-order valence-corrected chi connectivity index (χ2v) is 6.92. The average Bonchev–Trinajstić information content (AvgIpc) is 3.26. The van der Waals surface area contributed by atoms with E-state index in [0.717, 1.165) is 34.8 Å². The minimum absolute atomic E-state index is 0.157. The Balaban J connectivity index is 1.42. The number of hydrogen-bond donors (Lipinski definition) is 2. The van der Waals surface area contributed by atoms with E-state index in [1.807, 2.05) is 45.0 Å². The Morgan fingerprint density at radius 3 is 3.00 bits per heavy atom. The quantitative estimate of drug-likeness (QED) is 0.742. The summed E-state index contributed by atoms with van der Waals surface area (Å²) in [4.78, 5) is 26.5. The zero-order valence-electron chi connectivity index (χ0n) is 15.6. The van der Waals surface area contributed by atoms with E-state index in [1.54, 1.807) is 4.90 Å². The molecule has 1 aliphatic rings. The lowest BCUT2D eigenvalue weighted by molar-refractivity contribution is 0.185. The van der Waals surface area contributed by atoms with E-state index in [9.17, 15) is 4.79 Å². The minimum atomic E-state index is -0.381. The smallest absolute Gasteiger partial charge is 0.318 e. The van der Waals surface area contributed by atoms with E-state index in [-0.39, 0.29) is 12.1 Å². The van der Waals surface area contributed by atoms with Crippen molar-refractivity contribution in [1.82, 2.24) is 30.3 Å². The molecule has 140 valence electrons. The van der Waals surface area contributed by atoms with Gasteiger partial charge < -0.3 is 19.7 Å². The zero-order chi connectivity index (χ0) is 19.0. The van der Waals surface area contributed by atoms with Crippen molar-refractivity contribution in [3.63, 3.8) is 0 Å². The lowest BCUT2D eigenvalue weighted by atomic mass is 10.1. The molecule has 0 spiro atoms. The third-order valence-electron chi connectivity index (χ3n) is 4.67. The molecule has 0 fully saturated rings. The normalized spacial score (nSPS) is 14.7. The molecule has 0 radical (unpaired) electrons. The molecule has 0 saturated carbocycles. The van der Waals surface area contributed by atoms with Gasteiger partial charge in [0.1, 0.15) is 11.9 Å². The summed E-state index contributed by atoms with van der Waals surface area (Å²) in [6, 6.07) is 7.36. The molecule has 2 amide bonds. The lowest BCUT2D eigenvalue weighted by Crippen LogP contribution is -2.43. The fourth-order valence-electron chi connectivity index (χ4n) is 3.26. The van der Waals surface area contributed by atoms with Crippen LogP contribution in [0.3, 0.4) is 0 Å². The first-order chi connectivity index (χ1) is 13.0. The van der Waals surface area contributed by atoms with Gasteiger partial charge >= 0.3 is 6.03 Å². The molecule has 1 aromatic carbocycles. The van der Waals surface area contributed by atoms with Crippen LogP contribution in [0.25, 0.3) is 11.4 Å². The van der Waals surface area contributed by atoms with E-state index in [0.29, 0.717) is 24.8 Å². The van der Waals surface area contributed by atoms with Gasteiger partial charge in [-0.25, -0.2) is 9.78 Å². The number of aryl methyl sites for hydroxylation is 2. The van der Waals surface area contributed by atoms with Crippen LogP contribution in [0.1, 0.15) is 41.6 Å². The highest BCUT2D eigenvalue weighted by Gasteiger charge is 2.25. The maximum absolute atomic E-state index is 12.6. The summed E-state index contributed by atoms with van der Waals surface area (Å²) < 4.78 is 5.36. The van der Waals surface area contributed by atoms with Crippen molar-refractivity contribution in [2.45, 2.75) is 39.8 Å². The maximum Gasteiger partial charge on any atom is 0.318 e. The van der Waals surface area contributed by atoms with Crippen molar-refractivity contribution in [3.05, 3.63) is 52.9 Å². The minimum Gasteiger partial charge on any atom is -0.344 e. The average molecular weight is 366 g/mol. The third kappa shape index (κ3) is 3.55. The molecule has 3 heterocycles. The van der Waals surface area contributed by atoms with Gasteiger partial charge in [-0.2, -0.15) is 4.98 Å². The molecule has 3 aromatic rings. The molecule has 1 aliphatic heterocycles. The first kappa shape index (κ1) is 17.3. The van der Waals surface area contributed by atoms with Gasteiger partial charge in [0.2, 0.25) is 11.7 Å². The molecule has 0 saturated heterocycles. The van der Waals surface area contributed by atoms with Crippen molar-refractivity contribution in [2.24, 2.45) is 0 Å². The van der Waals surface area contributed by atoms with Gasteiger partial charge in [-0.05, 0) is 26.8 Å². The van der Waals surface area contributed by atoms with Crippen LogP contribution in [0.5, 0.6) is 0 Å². The molecule has 0 unspecified atom stereocenters. The van der Waals surface area contributed by atoms with Crippen molar-refractivity contribution in [2.75, 3.05) is 6.54 Å². The van der Waals surface area contributed by atoms with Gasteiger partial charge in [0.15, 0.2) is 0 Å². The Kier molecular flexibility index (Phi) is 4.39. The lowest BCUT2D eigenvalue weighted by Gasteiger charge is -2.27. The van der Waals surface area contributed by atoms with Crippen LogP contribution in [-0.2, 0) is 13.0 Å². The maximum atomic E-state index is 12.6. The number of carbonyl (C=O) groups excluding carboxylic acids is 1. The molecule has 2 aromatic heterocycles. The number of benzene rings is 1. The van der Waals surface area contributed by atoms with Crippen LogP contribution in [0.2, 0.25) is 0 Å². The summed E-state index contributed by atoms with van der Waals surface area (Å²) >= 11 is 0.